The Hall–Kier alpha value is -1.76. The second kappa shape index (κ2) is 13.4. The largest absolute Gasteiger partial charge is 0.483 e. The zero-order valence-electron chi connectivity index (χ0n) is 20.3. The highest BCUT2D eigenvalue weighted by Crippen LogP contribution is 2.30. The lowest BCUT2D eigenvalue weighted by molar-refractivity contribution is -0.143. The standard InChI is InChI=1S/C26H33BrCl2N2O3/c1-6-17(5)30-26(33)23(7-2)31(14-19-21(28)9-8-10-22(19)29)25(32)15-34-24-12-11-18(16(3)4)13-20(24)27/h8-13,16-17,23H,6-7,14-15H2,1-5H3,(H,30,33). The smallest absolute Gasteiger partial charge is 0.261 e. The summed E-state index contributed by atoms with van der Waals surface area (Å²) in [7, 11) is 0. The number of rotatable bonds is 11. The summed E-state index contributed by atoms with van der Waals surface area (Å²) in [5.74, 6) is 0.389. The first-order valence-corrected chi connectivity index (χ1v) is 13.1. The number of carbonyl (C=O) groups is 2. The zero-order valence-corrected chi connectivity index (χ0v) is 23.4. The van der Waals surface area contributed by atoms with Gasteiger partial charge in [-0.3, -0.25) is 9.59 Å². The van der Waals surface area contributed by atoms with Gasteiger partial charge in [0, 0.05) is 28.2 Å². The Morgan fingerprint density at radius 3 is 2.24 bits per heavy atom. The summed E-state index contributed by atoms with van der Waals surface area (Å²) >= 11 is 16.3. The maximum atomic E-state index is 13.4. The molecule has 0 aliphatic rings. The van der Waals surface area contributed by atoms with E-state index in [0.29, 0.717) is 33.7 Å². The van der Waals surface area contributed by atoms with Crippen molar-refractivity contribution in [2.24, 2.45) is 0 Å². The highest BCUT2D eigenvalue weighted by molar-refractivity contribution is 9.10. The lowest BCUT2D eigenvalue weighted by atomic mass is 10.0. The third kappa shape index (κ3) is 7.62. The Morgan fingerprint density at radius 2 is 1.71 bits per heavy atom. The van der Waals surface area contributed by atoms with Crippen LogP contribution >= 0.6 is 39.1 Å². The molecule has 34 heavy (non-hydrogen) atoms. The molecule has 1 N–H and O–H groups in total. The van der Waals surface area contributed by atoms with E-state index in [1.807, 2.05) is 39.0 Å². The minimum Gasteiger partial charge on any atom is -0.483 e. The molecule has 0 aliphatic carbocycles. The van der Waals surface area contributed by atoms with Crippen molar-refractivity contribution < 1.29 is 14.3 Å². The molecule has 2 aromatic carbocycles. The van der Waals surface area contributed by atoms with Gasteiger partial charge in [0.1, 0.15) is 11.8 Å². The molecular weight excluding hydrogens is 539 g/mol. The predicted molar refractivity (Wildman–Crippen MR) is 143 cm³/mol. The predicted octanol–water partition coefficient (Wildman–Crippen LogP) is 6.98. The van der Waals surface area contributed by atoms with E-state index in [9.17, 15) is 9.59 Å². The Labute approximate surface area is 221 Å². The fourth-order valence-corrected chi connectivity index (χ4v) is 4.46. The van der Waals surface area contributed by atoms with Crippen molar-refractivity contribution in [2.75, 3.05) is 6.61 Å². The van der Waals surface area contributed by atoms with Crippen molar-refractivity contribution in [3.63, 3.8) is 0 Å². The van der Waals surface area contributed by atoms with E-state index in [-0.39, 0.29) is 31.0 Å². The number of hydrogen-bond acceptors (Lipinski definition) is 3. The van der Waals surface area contributed by atoms with E-state index in [4.69, 9.17) is 27.9 Å². The van der Waals surface area contributed by atoms with Crippen LogP contribution in [0.5, 0.6) is 5.75 Å². The minimum atomic E-state index is -0.691. The number of benzene rings is 2. The average molecular weight is 572 g/mol. The van der Waals surface area contributed by atoms with Crippen molar-refractivity contribution in [3.8, 4) is 5.75 Å². The average Bonchev–Trinajstić information content (AvgIpc) is 2.79. The first-order chi connectivity index (χ1) is 16.1. The number of nitrogens with one attached hydrogen (secondary N) is 1. The highest BCUT2D eigenvalue weighted by Gasteiger charge is 2.30. The molecule has 186 valence electrons. The van der Waals surface area contributed by atoms with Gasteiger partial charge in [0.15, 0.2) is 6.61 Å². The van der Waals surface area contributed by atoms with Crippen LogP contribution in [0.2, 0.25) is 10.0 Å². The van der Waals surface area contributed by atoms with Crippen LogP contribution in [0.4, 0.5) is 0 Å². The Kier molecular flexibility index (Phi) is 11.2. The minimum absolute atomic E-state index is 0.00548. The van der Waals surface area contributed by atoms with Crippen LogP contribution in [0.25, 0.3) is 0 Å². The van der Waals surface area contributed by atoms with Gasteiger partial charge >= 0.3 is 0 Å². The quantitative estimate of drug-likeness (QED) is 0.316. The number of halogens is 3. The molecule has 0 heterocycles. The molecule has 2 aromatic rings. The number of carbonyl (C=O) groups excluding carboxylic acids is 2. The van der Waals surface area contributed by atoms with Crippen LogP contribution in [-0.4, -0.2) is 35.4 Å². The molecule has 2 amide bonds. The lowest BCUT2D eigenvalue weighted by Gasteiger charge is -2.32. The molecule has 0 radical (unpaired) electrons. The normalized spacial score (nSPS) is 12.9. The first kappa shape index (κ1) is 28.5. The molecule has 0 fully saturated rings. The van der Waals surface area contributed by atoms with Crippen molar-refractivity contribution in [1.82, 2.24) is 10.2 Å². The summed E-state index contributed by atoms with van der Waals surface area (Å²) in [5, 5.41) is 3.86. The molecule has 2 rings (SSSR count). The molecule has 0 bridgehead atoms. The van der Waals surface area contributed by atoms with Crippen LogP contribution in [0, 0.1) is 0 Å². The number of nitrogens with zero attached hydrogens (tertiary/aromatic N) is 1. The SMILES string of the molecule is CCC(C)NC(=O)C(CC)N(Cc1c(Cl)cccc1Cl)C(=O)COc1ccc(C(C)C)cc1Br. The summed E-state index contributed by atoms with van der Waals surface area (Å²) in [5.41, 5.74) is 1.75. The maximum absolute atomic E-state index is 13.4. The third-order valence-electron chi connectivity index (χ3n) is 5.75. The summed E-state index contributed by atoms with van der Waals surface area (Å²) in [4.78, 5) is 28.0. The van der Waals surface area contributed by atoms with Crippen molar-refractivity contribution in [1.29, 1.82) is 0 Å². The van der Waals surface area contributed by atoms with Gasteiger partial charge in [-0.05, 0) is 71.4 Å². The molecule has 2 atom stereocenters. The number of ether oxygens (including phenoxy) is 1. The van der Waals surface area contributed by atoms with Gasteiger partial charge in [-0.2, -0.15) is 0 Å². The van der Waals surface area contributed by atoms with Crippen molar-refractivity contribution in [3.05, 3.63) is 62.0 Å². The first-order valence-electron chi connectivity index (χ1n) is 11.5. The van der Waals surface area contributed by atoms with E-state index in [1.165, 1.54) is 4.90 Å². The van der Waals surface area contributed by atoms with Gasteiger partial charge in [0.05, 0.1) is 4.47 Å². The topological polar surface area (TPSA) is 58.6 Å². The van der Waals surface area contributed by atoms with Crippen LogP contribution in [0.3, 0.4) is 0 Å². The summed E-state index contributed by atoms with van der Waals surface area (Å²) in [6.45, 7) is 9.89. The van der Waals surface area contributed by atoms with Gasteiger partial charge in [-0.15, -0.1) is 0 Å². The van der Waals surface area contributed by atoms with Gasteiger partial charge < -0.3 is 15.0 Å². The maximum Gasteiger partial charge on any atom is 0.261 e. The summed E-state index contributed by atoms with van der Waals surface area (Å²) in [6.07, 6.45) is 1.22. The molecule has 0 aliphatic heterocycles. The summed E-state index contributed by atoms with van der Waals surface area (Å²) < 4.78 is 6.63. The Bertz CT molecular complexity index is 980. The molecule has 0 aromatic heterocycles. The number of hydrogen-bond donors (Lipinski definition) is 1. The summed E-state index contributed by atoms with van der Waals surface area (Å²) in [6, 6.07) is 10.3. The van der Waals surface area contributed by atoms with Crippen LogP contribution in [0.15, 0.2) is 40.9 Å². The molecule has 5 nitrogen and oxygen atoms in total. The van der Waals surface area contributed by atoms with Crippen molar-refractivity contribution >= 4 is 50.9 Å². The van der Waals surface area contributed by atoms with Crippen LogP contribution in [0.1, 0.15) is 64.5 Å². The van der Waals surface area contributed by atoms with Crippen LogP contribution < -0.4 is 10.1 Å². The van der Waals surface area contributed by atoms with E-state index in [0.717, 1.165) is 16.5 Å². The zero-order chi connectivity index (χ0) is 25.4. The monoisotopic (exact) mass is 570 g/mol. The molecule has 8 heteroatoms. The molecule has 0 spiro atoms. The van der Waals surface area contributed by atoms with E-state index in [1.54, 1.807) is 18.2 Å². The lowest BCUT2D eigenvalue weighted by Crippen LogP contribution is -2.51. The van der Waals surface area contributed by atoms with E-state index in [2.05, 4.69) is 35.1 Å². The van der Waals surface area contributed by atoms with Crippen LogP contribution in [-0.2, 0) is 16.1 Å². The Balaban J connectivity index is 2.30. The fraction of sp³-hybridized carbons (Fsp3) is 0.462. The molecule has 0 saturated carbocycles. The highest BCUT2D eigenvalue weighted by atomic mass is 79.9. The fourth-order valence-electron chi connectivity index (χ4n) is 3.43. The third-order valence-corrected chi connectivity index (χ3v) is 7.08. The van der Waals surface area contributed by atoms with E-state index < -0.39 is 6.04 Å². The molecule has 2 unspecified atom stereocenters. The second-order valence-corrected chi connectivity index (χ2v) is 10.3. The van der Waals surface area contributed by atoms with Gasteiger partial charge in [-0.25, -0.2) is 0 Å². The Morgan fingerprint density at radius 1 is 1.06 bits per heavy atom. The number of amides is 2. The van der Waals surface area contributed by atoms with Crippen molar-refractivity contribution in [2.45, 2.75) is 72.0 Å². The van der Waals surface area contributed by atoms with Gasteiger partial charge in [0.2, 0.25) is 5.91 Å². The van der Waals surface area contributed by atoms with Gasteiger partial charge in [0.25, 0.3) is 5.91 Å². The second-order valence-electron chi connectivity index (χ2n) is 8.60. The van der Waals surface area contributed by atoms with E-state index >= 15 is 0 Å². The molecular formula is C26H33BrCl2N2O3. The molecule has 0 saturated heterocycles. The van der Waals surface area contributed by atoms with Gasteiger partial charge in [-0.1, -0.05) is 63.0 Å².